The van der Waals surface area contributed by atoms with Crippen LogP contribution in [0.4, 0.5) is 5.69 Å². The molecule has 0 saturated carbocycles. The van der Waals surface area contributed by atoms with E-state index in [1.54, 1.807) is 6.07 Å². The number of phenolic OH excluding ortho intramolecular Hbond substituents is 1. The molecule has 1 aromatic rings. The van der Waals surface area contributed by atoms with E-state index >= 15 is 0 Å². The van der Waals surface area contributed by atoms with Crippen LogP contribution >= 0.6 is 0 Å². The van der Waals surface area contributed by atoms with Crippen molar-refractivity contribution in [2.24, 2.45) is 5.73 Å². The summed E-state index contributed by atoms with van der Waals surface area (Å²) in [4.78, 5) is 4.55. The van der Waals surface area contributed by atoms with Crippen molar-refractivity contribution in [3.63, 3.8) is 0 Å². The van der Waals surface area contributed by atoms with Gasteiger partial charge in [-0.2, -0.15) is 0 Å². The third-order valence-corrected chi connectivity index (χ3v) is 3.87. The minimum absolute atomic E-state index is 0.159. The zero-order valence-corrected chi connectivity index (χ0v) is 12.1. The molecule has 20 heavy (non-hydrogen) atoms. The monoisotopic (exact) mass is 279 g/mol. The first-order valence-electron chi connectivity index (χ1n) is 7.28. The zero-order chi connectivity index (χ0) is 14.5. The summed E-state index contributed by atoms with van der Waals surface area (Å²) in [6, 6.07) is 5.58. The SMILES string of the molecule is CC(N)c1ccc(N2CCCN(CCO)CC2)cc1O. The number of rotatable bonds is 4. The molecule has 1 saturated heterocycles. The van der Waals surface area contributed by atoms with Crippen molar-refractivity contribution >= 4 is 5.69 Å². The van der Waals surface area contributed by atoms with Gasteiger partial charge in [0, 0.05) is 49.5 Å². The van der Waals surface area contributed by atoms with Crippen LogP contribution < -0.4 is 10.6 Å². The third-order valence-electron chi connectivity index (χ3n) is 3.87. The number of hydrogen-bond acceptors (Lipinski definition) is 5. The highest BCUT2D eigenvalue weighted by Crippen LogP contribution is 2.28. The second-order valence-electron chi connectivity index (χ2n) is 5.44. The Morgan fingerprint density at radius 2 is 2.05 bits per heavy atom. The van der Waals surface area contributed by atoms with Gasteiger partial charge in [-0.05, 0) is 26.0 Å². The first-order valence-corrected chi connectivity index (χ1v) is 7.28. The molecule has 5 nitrogen and oxygen atoms in total. The van der Waals surface area contributed by atoms with Crippen LogP contribution in [0.25, 0.3) is 0 Å². The molecule has 0 bridgehead atoms. The van der Waals surface area contributed by atoms with Gasteiger partial charge in [0.05, 0.1) is 6.61 Å². The standard InChI is InChI=1S/C15H25N3O2/c1-12(16)14-4-3-13(11-15(14)20)18-6-2-5-17(7-8-18)9-10-19/h3-4,11-12,19-20H,2,5-10,16H2,1H3. The van der Waals surface area contributed by atoms with Crippen molar-refractivity contribution < 1.29 is 10.2 Å². The Kier molecular flexibility index (Phi) is 5.23. The maximum absolute atomic E-state index is 10.0. The highest BCUT2D eigenvalue weighted by atomic mass is 16.3. The van der Waals surface area contributed by atoms with Crippen LogP contribution in [0.5, 0.6) is 5.75 Å². The van der Waals surface area contributed by atoms with Gasteiger partial charge in [0.15, 0.2) is 0 Å². The first kappa shape index (κ1) is 15.1. The van der Waals surface area contributed by atoms with Crippen LogP contribution in [-0.4, -0.2) is 54.4 Å². The molecule has 1 fully saturated rings. The van der Waals surface area contributed by atoms with Gasteiger partial charge in [-0.3, -0.25) is 4.90 Å². The lowest BCUT2D eigenvalue weighted by Gasteiger charge is -2.24. The predicted octanol–water partition coefficient (Wildman–Crippen LogP) is 0.916. The second kappa shape index (κ2) is 6.92. The maximum Gasteiger partial charge on any atom is 0.122 e. The Morgan fingerprint density at radius 1 is 1.25 bits per heavy atom. The number of nitrogens with zero attached hydrogens (tertiary/aromatic N) is 2. The number of aliphatic hydroxyl groups excluding tert-OH is 1. The van der Waals surface area contributed by atoms with Crippen molar-refractivity contribution in [1.29, 1.82) is 0 Å². The first-order chi connectivity index (χ1) is 9.61. The molecule has 1 aliphatic rings. The van der Waals surface area contributed by atoms with Crippen LogP contribution in [0.15, 0.2) is 18.2 Å². The van der Waals surface area contributed by atoms with Gasteiger partial charge >= 0.3 is 0 Å². The lowest BCUT2D eigenvalue weighted by atomic mass is 10.1. The van der Waals surface area contributed by atoms with Crippen LogP contribution in [0.2, 0.25) is 0 Å². The fourth-order valence-corrected chi connectivity index (χ4v) is 2.71. The van der Waals surface area contributed by atoms with E-state index in [9.17, 15) is 5.11 Å². The summed E-state index contributed by atoms with van der Waals surface area (Å²) in [7, 11) is 0. The molecule has 0 radical (unpaired) electrons. The molecule has 1 aromatic carbocycles. The number of nitrogens with two attached hydrogens (primary N) is 1. The minimum Gasteiger partial charge on any atom is -0.508 e. The van der Waals surface area contributed by atoms with Gasteiger partial charge in [0.1, 0.15) is 5.75 Å². The molecule has 0 amide bonds. The molecule has 112 valence electrons. The van der Waals surface area contributed by atoms with Crippen molar-refractivity contribution in [2.45, 2.75) is 19.4 Å². The molecule has 0 aromatic heterocycles. The van der Waals surface area contributed by atoms with Crippen molar-refractivity contribution in [3.8, 4) is 5.75 Å². The number of aromatic hydroxyl groups is 1. The van der Waals surface area contributed by atoms with E-state index in [0.717, 1.165) is 50.4 Å². The van der Waals surface area contributed by atoms with E-state index in [4.69, 9.17) is 10.8 Å². The number of phenols is 1. The van der Waals surface area contributed by atoms with Gasteiger partial charge in [-0.15, -0.1) is 0 Å². The smallest absolute Gasteiger partial charge is 0.122 e. The zero-order valence-electron chi connectivity index (χ0n) is 12.1. The van der Waals surface area contributed by atoms with E-state index in [1.165, 1.54) is 0 Å². The molecule has 1 heterocycles. The van der Waals surface area contributed by atoms with Gasteiger partial charge in [-0.1, -0.05) is 6.07 Å². The quantitative estimate of drug-likeness (QED) is 0.764. The van der Waals surface area contributed by atoms with Crippen LogP contribution in [-0.2, 0) is 0 Å². The third kappa shape index (κ3) is 3.62. The topological polar surface area (TPSA) is 73.0 Å². The van der Waals surface area contributed by atoms with E-state index in [0.29, 0.717) is 0 Å². The Balaban J connectivity index is 2.06. The molecule has 2 rings (SSSR count). The van der Waals surface area contributed by atoms with Gasteiger partial charge in [0.25, 0.3) is 0 Å². The summed E-state index contributed by atoms with van der Waals surface area (Å²) < 4.78 is 0. The molecule has 5 heteroatoms. The summed E-state index contributed by atoms with van der Waals surface area (Å²) >= 11 is 0. The van der Waals surface area contributed by atoms with E-state index < -0.39 is 0 Å². The maximum atomic E-state index is 10.0. The molecule has 0 aliphatic carbocycles. The highest BCUT2D eigenvalue weighted by Gasteiger charge is 2.16. The van der Waals surface area contributed by atoms with Crippen molar-refractivity contribution in [1.82, 2.24) is 4.90 Å². The fourth-order valence-electron chi connectivity index (χ4n) is 2.71. The van der Waals surface area contributed by atoms with E-state index in [-0.39, 0.29) is 18.4 Å². The second-order valence-corrected chi connectivity index (χ2v) is 5.44. The van der Waals surface area contributed by atoms with Gasteiger partial charge in [-0.25, -0.2) is 0 Å². The van der Waals surface area contributed by atoms with Crippen LogP contribution in [0, 0.1) is 0 Å². The number of benzene rings is 1. The Morgan fingerprint density at radius 3 is 2.70 bits per heavy atom. The number of hydrogen-bond donors (Lipinski definition) is 3. The highest BCUT2D eigenvalue weighted by molar-refractivity contribution is 5.54. The number of β-amino-alcohol motifs (C(OH)–C–C–N with tert-alkyl or cyclic N) is 1. The van der Waals surface area contributed by atoms with E-state index in [2.05, 4.69) is 9.80 Å². The van der Waals surface area contributed by atoms with Crippen molar-refractivity contribution in [2.75, 3.05) is 44.2 Å². The summed E-state index contributed by atoms with van der Waals surface area (Å²) in [5.74, 6) is 0.272. The lowest BCUT2D eigenvalue weighted by Crippen LogP contribution is -2.32. The average Bonchev–Trinajstić information content (AvgIpc) is 2.64. The largest absolute Gasteiger partial charge is 0.508 e. The van der Waals surface area contributed by atoms with Crippen LogP contribution in [0.3, 0.4) is 0 Å². The van der Waals surface area contributed by atoms with Crippen LogP contribution in [0.1, 0.15) is 24.9 Å². The van der Waals surface area contributed by atoms with Crippen molar-refractivity contribution in [3.05, 3.63) is 23.8 Å². The molecule has 0 spiro atoms. The fraction of sp³-hybridized carbons (Fsp3) is 0.600. The molecule has 4 N–H and O–H groups in total. The summed E-state index contributed by atoms with van der Waals surface area (Å²) in [5.41, 5.74) is 7.64. The van der Waals surface area contributed by atoms with Gasteiger partial charge in [0.2, 0.25) is 0 Å². The summed E-state index contributed by atoms with van der Waals surface area (Å²) in [5, 5.41) is 19.1. The molecular weight excluding hydrogens is 254 g/mol. The Hall–Kier alpha value is -1.30. The number of anilines is 1. The Labute approximate surface area is 120 Å². The average molecular weight is 279 g/mol. The molecule has 1 atom stereocenters. The predicted molar refractivity (Wildman–Crippen MR) is 81.1 cm³/mol. The van der Waals surface area contributed by atoms with E-state index in [1.807, 2.05) is 19.1 Å². The minimum atomic E-state index is -0.159. The lowest BCUT2D eigenvalue weighted by molar-refractivity contribution is 0.204. The summed E-state index contributed by atoms with van der Waals surface area (Å²) in [6.45, 7) is 6.66. The number of aliphatic hydroxyl groups is 1. The normalized spacial score (nSPS) is 18.9. The molecule has 1 aliphatic heterocycles. The molecular formula is C15H25N3O2. The van der Waals surface area contributed by atoms with Gasteiger partial charge < -0.3 is 20.8 Å². The summed E-state index contributed by atoms with van der Waals surface area (Å²) in [6.07, 6.45) is 1.07. The molecule has 1 unspecified atom stereocenters. The Bertz CT molecular complexity index is 437.